The van der Waals surface area contributed by atoms with Crippen LogP contribution in [0.2, 0.25) is 0 Å². The molecule has 0 radical (unpaired) electrons. The van der Waals surface area contributed by atoms with Gasteiger partial charge in [-0.1, -0.05) is 6.07 Å². The maximum atomic E-state index is 13.4. The zero-order valence-electron chi connectivity index (χ0n) is 9.58. The normalized spacial score (nSPS) is 10.3. The van der Waals surface area contributed by atoms with E-state index in [0.29, 0.717) is 15.8 Å². The number of anilines is 2. The summed E-state index contributed by atoms with van der Waals surface area (Å²) in [6, 6.07) is 9.31. The first-order chi connectivity index (χ1) is 8.99. The van der Waals surface area contributed by atoms with Gasteiger partial charge < -0.3 is 11.1 Å². The summed E-state index contributed by atoms with van der Waals surface area (Å²) in [5, 5.41) is 2.68. The third-order valence-corrected chi connectivity index (χ3v) is 3.90. The molecule has 3 N–H and O–H groups in total. The predicted molar refractivity (Wildman–Crippen MR) is 80.6 cm³/mol. The SMILES string of the molecule is Nc1ccc(NC(=O)c2cccc(F)c2Br)c(Br)c1. The molecule has 3 nitrogen and oxygen atoms in total. The van der Waals surface area contributed by atoms with Crippen LogP contribution in [-0.2, 0) is 0 Å². The van der Waals surface area contributed by atoms with Gasteiger partial charge in [-0.2, -0.15) is 0 Å². The summed E-state index contributed by atoms with van der Waals surface area (Å²) in [7, 11) is 0. The molecular weight excluding hydrogens is 379 g/mol. The van der Waals surface area contributed by atoms with E-state index in [1.807, 2.05) is 0 Å². The van der Waals surface area contributed by atoms with Gasteiger partial charge in [0.15, 0.2) is 0 Å². The van der Waals surface area contributed by atoms with Gasteiger partial charge in [-0.05, 0) is 62.2 Å². The molecule has 0 atom stereocenters. The van der Waals surface area contributed by atoms with Crippen molar-refractivity contribution in [3.05, 3.63) is 56.7 Å². The van der Waals surface area contributed by atoms with Gasteiger partial charge in [0.1, 0.15) is 5.82 Å². The molecule has 0 aliphatic heterocycles. The molecule has 1 amide bonds. The monoisotopic (exact) mass is 386 g/mol. The average Bonchev–Trinajstić information content (AvgIpc) is 2.36. The first-order valence-electron chi connectivity index (χ1n) is 5.29. The summed E-state index contributed by atoms with van der Waals surface area (Å²) in [5.74, 6) is -0.888. The number of amides is 1. The topological polar surface area (TPSA) is 55.1 Å². The van der Waals surface area contributed by atoms with Crippen LogP contribution in [0.4, 0.5) is 15.8 Å². The Morgan fingerprint density at radius 1 is 1.21 bits per heavy atom. The number of nitrogen functional groups attached to an aromatic ring is 1. The number of halogens is 3. The molecule has 2 rings (SSSR count). The lowest BCUT2D eigenvalue weighted by Crippen LogP contribution is -2.13. The van der Waals surface area contributed by atoms with Crippen LogP contribution in [0.5, 0.6) is 0 Å². The van der Waals surface area contributed by atoms with E-state index in [0.717, 1.165) is 0 Å². The van der Waals surface area contributed by atoms with Gasteiger partial charge >= 0.3 is 0 Å². The van der Waals surface area contributed by atoms with E-state index in [2.05, 4.69) is 37.2 Å². The zero-order valence-corrected chi connectivity index (χ0v) is 12.8. The molecule has 0 saturated heterocycles. The maximum absolute atomic E-state index is 13.4. The molecule has 0 unspecified atom stereocenters. The summed E-state index contributed by atoms with van der Waals surface area (Å²) < 4.78 is 14.2. The van der Waals surface area contributed by atoms with E-state index in [4.69, 9.17) is 5.73 Å². The van der Waals surface area contributed by atoms with Crippen LogP contribution < -0.4 is 11.1 Å². The largest absolute Gasteiger partial charge is 0.399 e. The molecule has 0 fully saturated rings. The maximum Gasteiger partial charge on any atom is 0.256 e. The number of benzene rings is 2. The van der Waals surface area contributed by atoms with E-state index in [1.165, 1.54) is 18.2 Å². The number of carbonyl (C=O) groups excluding carboxylic acids is 1. The van der Waals surface area contributed by atoms with Crippen LogP contribution in [-0.4, -0.2) is 5.91 Å². The van der Waals surface area contributed by atoms with Gasteiger partial charge in [0, 0.05) is 10.2 Å². The molecule has 0 spiro atoms. The van der Waals surface area contributed by atoms with Crippen molar-refractivity contribution in [2.45, 2.75) is 0 Å². The fourth-order valence-electron chi connectivity index (χ4n) is 1.50. The van der Waals surface area contributed by atoms with E-state index >= 15 is 0 Å². The Morgan fingerprint density at radius 3 is 2.63 bits per heavy atom. The van der Waals surface area contributed by atoms with E-state index in [9.17, 15) is 9.18 Å². The lowest BCUT2D eigenvalue weighted by atomic mass is 10.2. The lowest BCUT2D eigenvalue weighted by molar-refractivity contribution is 0.102. The fraction of sp³-hybridized carbons (Fsp3) is 0. The minimum absolute atomic E-state index is 0.138. The number of nitrogens with one attached hydrogen (secondary N) is 1. The van der Waals surface area contributed by atoms with Crippen molar-refractivity contribution < 1.29 is 9.18 Å². The molecule has 0 aliphatic carbocycles. The van der Waals surface area contributed by atoms with Crippen molar-refractivity contribution in [3.63, 3.8) is 0 Å². The van der Waals surface area contributed by atoms with Gasteiger partial charge in [-0.3, -0.25) is 4.79 Å². The van der Waals surface area contributed by atoms with Crippen molar-refractivity contribution in [2.75, 3.05) is 11.1 Å². The number of carbonyl (C=O) groups is 1. The van der Waals surface area contributed by atoms with Crippen molar-refractivity contribution in [1.82, 2.24) is 0 Å². The molecule has 0 saturated carbocycles. The Bertz CT molecular complexity index is 647. The Labute approximate surface area is 126 Å². The van der Waals surface area contributed by atoms with E-state index in [1.54, 1.807) is 18.2 Å². The molecule has 2 aromatic carbocycles. The van der Waals surface area contributed by atoms with Crippen molar-refractivity contribution in [1.29, 1.82) is 0 Å². The second-order valence-corrected chi connectivity index (χ2v) is 5.44. The zero-order chi connectivity index (χ0) is 14.0. The highest BCUT2D eigenvalue weighted by molar-refractivity contribution is 9.11. The van der Waals surface area contributed by atoms with Crippen LogP contribution >= 0.6 is 31.9 Å². The molecule has 0 bridgehead atoms. The van der Waals surface area contributed by atoms with Gasteiger partial charge in [0.05, 0.1) is 15.7 Å². The summed E-state index contributed by atoms with van der Waals surface area (Å²) in [5.41, 5.74) is 6.98. The standard InChI is InChI=1S/C13H9Br2FN2O/c14-9-6-7(17)4-5-11(9)18-13(19)8-2-1-3-10(16)12(8)15/h1-6H,17H2,(H,18,19). The number of hydrogen-bond acceptors (Lipinski definition) is 2. The summed E-state index contributed by atoms with van der Waals surface area (Å²) in [4.78, 5) is 12.1. The Hall–Kier alpha value is -1.40. The second kappa shape index (κ2) is 5.71. The minimum atomic E-state index is -0.482. The molecule has 0 heterocycles. The quantitative estimate of drug-likeness (QED) is 0.759. The Kier molecular flexibility index (Phi) is 4.21. The molecule has 0 aromatic heterocycles. The number of rotatable bonds is 2. The molecule has 6 heteroatoms. The second-order valence-electron chi connectivity index (χ2n) is 3.79. The van der Waals surface area contributed by atoms with Gasteiger partial charge in [-0.25, -0.2) is 4.39 Å². The van der Waals surface area contributed by atoms with Crippen molar-refractivity contribution >= 4 is 49.1 Å². The van der Waals surface area contributed by atoms with Gasteiger partial charge in [-0.15, -0.1) is 0 Å². The average molecular weight is 388 g/mol. The van der Waals surface area contributed by atoms with E-state index in [-0.39, 0.29) is 10.0 Å². The smallest absolute Gasteiger partial charge is 0.256 e. The number of hydrogen-bond donors (Lipinski definition) is 2. The Balaban J connectivity index is 2.28. The molecule has 0 aliphatic rings. The van der Waals surface area contributed by atoms with Crippen molar-refractivity contribution in [2.24, 2.45) is 0 Å². The summed E-state index contributed by atoms with van der Waals surface area (Å²) in [6.07, 6.45) is 0. The molecular formula is C13H9Br2FN2O. The fourth-order valence-corrected chi connectivity index (χ4v) is 2.44. The van der Waals surface area contributed by atoms with Crippen LogP contribution in [0, 0.1) is 5.82 Å². The highest BCUT2D eigenvalue weighted by Crippen LogP contribution is 2.26. The summed E-state index contributed by atoms with van der Waals surface area (Å²) in [6.45, 7) is 0. The molecule has 2 aromatic rings. The highest BCUT2D eigenvalue weighted by atomic mass is 79.9. The third-order valence-electron chi connectivity index (χ3n) is 2.44. The van der Waals surface area contributed by atoms with Gasteiger partial charge in [0.25, 0.3) is 5.91 Å². The lowest BCUT2D eigenvalue weighted by Gasteiger charge is -2.09. The predicted octanol–water partition coefficient (Wildman–Crippen LogP) is 4.19. The highest BCUT2D eigenvalue weighted by Gasteiger charge is 2.14. The first-order valence-corrected chi connectivity index (χ1v) is 6.88. The first kappa shape index (κ1) is 14.0. The van der Waals surface area contributed by atoms with Crippen LogP contribution in [0.25, 0.3) is 0 Å². The number of nitrogens with two attached hydrogens (primary N) is 1. The van der Waals surface area contributed by atoms with Crippen molar-refractivity contribution in [3.8, 4) is 0 Å². The van der Waals surface area contributed by atoms with Crippen LogP contribution in [0.3, 0.4) is 0 Å². The Morgan fingerprint density at radius 2 is 1.95 bits per heavy atom. The molecule has 98 valence electrons. The van der Waals surface area contributed by atoms with E-state index < -0.39 is 11.7 Å². The van der Waals surface area contributed by atoms with Crippen LogP contribution in [0.1, 0.15) is 10.4 Å². The summed E-state index contributed by atoms with van der Waals surface area (Å²) >= 11 is 6.36. The third kappa shape index (κ3) is 3.13. The molecule has 19 heavy (non-hydrogen) atoms. The minimum Gasteiger partial charge on any atom is -0.399 e. The van der Waals surface area contributed by atoms with Crippen LogP contribution in [0.15, 0.2) is 45.3 Å². The van der Waals surface area contributed by atoms with Gasteiger partial charge in [0.2, 0.25) is 0 Å².